The first-order chi connectivity index (χ1) is 9.17. The van der Waals surface area contributed by atoms with Gasteiger partial charge in [0.25, 0.3) is 0 Å². The van der Waals surface area contributed by atoms with Crippen LogP contribution in [-0.4, -0.2) is 26.8 Å². The van der Waals surface area contributed by atoms with Crippen LogP contribution >= 0.6 is 0 Å². The van der Waals surface area contributed by atoms with Crippen LogP contribution in [0.25, 0.3) is 0 Å². The molecule has 0 atom stereocenters. The molecular weight excluding hydrogens is 254 g/mol. The number of ether oxygens (including phenoxy) is 2. The zero-order chi connectivity index (χ0) is 14.1. The second-order valence-electron chi connectivity index (χ2n) is 4.04. The number of nitrogens with two attached hydrogens (primary N) is 1. The van der Waals surface area contributed by atoms with E-state index in [-0.39, 0.29) is 5.75 Å². The number of hydrogen-bond acceptors (Lipinski definition) is 4. The molecule has 4 nitrogen and oxygen atoms in total. The molecule has 0 bridgehead atoms. The van der Waals surface area contributed by atoms with E-state index in [4.69, 9.17) is 10.5 Å². The standard InChI is InChI=1S/C13H20F2N2O2/c1-18-11-5-4-10(8-12(11)19-13(14)15)9-17-7-3-2-6-16/h4-5,8,13,17H,2-3,6-7,9,16H2,1H3. The smallest absolute Gasteiger partial charge is 0.387 e. The van der Waals surface area contributed by atoms with Gasteiger partial charge in [-0.2, -0.15) is 8.78 Å². The fourth-order valence-electron chi connectivity index (χ4n) is 1.65. The Morgan fingerprint density at radius 2 is 2.05 bits per heavy atom. The van der Waals surface area contributed by atoms with Gasteiger partial charge < -0.3 is 20.5 Å². The highest BCUT2D eigenvalue weighted by Gasteiger charge is 2.11. The van der Waals surface area contributed by atoms with Crippen molar-refractivity contribution in [1.82, 2.24) is 5.32 Å². The van der Waals surface area contributed by atoms with E-state index in [0.29, 0.717) is 18.8 Å². The summed E-state index contributed by atoms with van der Waals surface area (Å²) in [5.74, 6) is 0.353. The van der Waals surface area contributed by atoms with Crippen LogP contribution in [0, 0.1) is 0 Å². The molecule has 1 rings (SSSR count). The molecule has 0 saturated heterocycles. The van der Waals surface area contributed by atoms with Crippen LogP contribution in [0.3, 0.4) is 0 Å². The topological polar surface area (TPSA) is 56.5 Å². The van der Waals surface area contributed by atoms with Crippen molar-refractivity contribution in [3.8, 4) is 11.5 Å². The molecule has 0 unspecified atom stereocenters. The lowest BCUT2D eigenvalue weighted by Gasteiger charge is -2.12. The molecule has 0 spiro atoms. The van der Waals surface area contributed by atoms with E-state index in [1.54, 1.807) is 12.1 Å². The molecule has 3 N–H and O–H groups in total. The second-order valence-corrected chi connectivity index (χ2v) is 4.04. The molecule has 0 aromatic heterocycles. The lowest BCUT2D eigenvalue weighted by molar-refractivity contribution is -0.0512. The maximum Gasteiger partial charge on any atom is 0.387 e. The molecule has 1 aromatic rings. The first-order valence-electron chi connectivity index (χ1n) is 6.20. The highest BCUT2D eigenvalue weighted by molar-refractivity contribution is 5.42. The molecule has 108 valence electrons. The van der Waals surface area contributed by atoms with Crippen molar-refractivity contribution in [3.05, 3.63) is 23.8 Å². The molecule has 0 aliphatic heterocycles. The molecule has 0 fully saturated rings. The molecule has 0 amide bonds. The summed E-state index contributed by atoms with van der Waals surface area (Å²) >= 11 is 0. The highest BCUT2D eigenvalue weighted by Crippen LogP contribution is 2.29. The van der Waals surface area contributed by atoms with Gasteiger partial charge in [-0.05, 0) is 43.6 Å². The number of methoxy groups -OCH3 is 1. The molecule has 6 heteroatoms. The van der Waals surface area contributed by atoms with Crippen molar-refractivity contribution in [2.24, 2.45) is 5.73 Å². The van der Waals surface area contributed by atoms with Crippen molar-refractivity contribution in [3.63, 3.8) is 0 Å². The number of nitrogens with one attached hydrogen (secondary N) is 1. The fourth-order valence-corrected chi connectivity index (χ4v) is 1.65. The molecule has 19 heavy (non-hydrogen) atoms. The third-order valence-electron chi connectivity index (χ3n) is 2.58. The van der Waals surface area contributed by atoms with Gasteiger partial charge >= 0.3 is 6.61 Å². The number of hydrogen-bond donors (Lipinski definition) is 2. The summed E-state index contributed by atoms with van der Waals surface area (Å²) in [5.41, 5.74) is 6.26. The number of rotatable bonds is 9. The van der Waals surface area contributed by atoms with E-state index < -0.39 is 6.61 Å². The van der Waals surface area contributed by atoms with E-state index in [0.717, 1.165) is 24.9 Å². The van der Waals surface area contributed by atoms with Gasteiger partial charge in [0.1, 0.15) is 0 Å². The lowest BCUT2D eigenvalue weighted by Crippen LogP contribution is -2.16. The molecule has 1 aromatic carbocycles. The Morgan fingerprint density at radius 3 is 2.68 bits per heavy atom. The van der Waals surface area contributed by atoms with E-state index in [9.17, 15) is 8.78 Å². The average Bonchev–Trinajstić information content (AvgIpc) is 2.38. The zero-order valence-corrected chi connectivity index (χ0v) is 11.0. The monoisotopic (exact) mass is 274 g/mol. The predicted octanol–water partition coefficient (Wildman–Crippen LogP) is 2.13. The van der Waals surface area contributed by atoms with Crippen LogP contribution in [0.4, 0.5) is 8.78 Å². The molecule has 0 heterocycles. The Balaban J connectivity index is 2.54. The van der Waals surface area contributed by atoms with Crippen LogP contribution in [-0.2, 0) is 6.54 Å². The summed E-state index contributed by atoms with van der Waals surface area (Å²) in [6.07, 6.45) is 1.96. The quantitative estimate of drug-likeness (QED) is 0.677. The third kappa shape index (κ3) is 5.85. The maximum atomic E-state index is 12.3. The van der Waals surface area contributed by atoms with Crippen LogP contribution in [0.15, 0.2) is 18.2 Å². The molecule has 0 aliphatic carbocycles. The first kappa shape index (κ1) is 15.7. The minimum absolute atomic E-state index is 0.0544. The van der Waals surface area contributed by atoms with Gasteiger partial charge in [-0.15, -0.1) is 0 Å². The summed E-state index contributed by atoms with van der Waals surface area (Å²) in [7, 11) is 1.42. The van der Waals surface area contributed by atoms with Crippen molar-refractivity contribution in [2.45, 2.75) is 26.0 Å². The Morgan fingerprint density at radius 1 is 1.26 bits per heavy atom. The lowest BCUT2D eigenvalue weighted by atomic mass is 10.2. The van der Waals surface area contributed by atoms with Crippen LogP contribution in [0.1, 0.15) is 18.4 Å². The largest absolute Gasteiger partial charge is 0.493 e. The van der Waals surface area contributed by atoms with Gasteiger partial charge in [0, 0.05) is 6.54 Å². The summed E-state index contributed by atoms with van der Waals surface area (Å²) in [6.45, 7) is -0.749. The third-order valence-corrected chi connectivity index (χ3v) is 2.58. The molecule has 0 radical (unpaired) electrons. The molecule has 0 aliphatic rings. The summed E-state index contributed by atoms with van der Waals surface area (Å²) in [6, 6.07) is 4.99. The average molecular weight is 274 g/mol. The van der Waals surface area contributed by atoms with Crippen LogP contribution in [0.5, 0.6) is 11.5 Å². The minimum Gasteiger partial charge on any atom is -0.493 e. The Kier molecular flexibility index (Phi) is 7.14. The zero-order valence-electron chi connectivity index (χ0n) is 11.0. The van der Waals surface area contributed by atoms with Crippen LogP contribution < -0.4 is 20.5 Å². The minimum atomic E-state index is -2.86. The number of benzene rings is 1. The Hall–Kier alpha value is -1.40. The van der Waals surface area contributed by atoms with Crippen molar-refractivity contribution in [1.29, 1.82) is 0 Å². The second kappa shape index (κ2) is 8.66. The van der Waals surface area contributed by atoms with Crippen molar-refractivity contribution in [2.75, 3.05) is 20.2 Å². The van der Waals surface area contributed by atoms with E-state index in [1.165, 1.54) is 7.11 Å². The maximum absolute atomic E-state index is 12.3. The number of unbranched alkanes of at least 4 members (excludes halogenated alkanes) is 1. The molecule has 0 saturated carbocycles. The van der Waals surface area contributed by atoms with Gasteiger partial charge in [-0.25, -0.2) is 0 Å². The molecular formula is C13H20F2N2O2. The summed E-state index contributed by atoms with van der Waals surface area (Å²) < 4.78 is 33.9. The van der Waals surface area contributed by atoms with Crippen LogP contribution in [0.2, 0.25) is 0 Å². The Bertz CT molecular complexity index is 376. The van der Waals surface area contributed by atoms with Gasteiger partial charge in [-0.3, -0.25) is 0 Å². The SMILES string of the molecule is COc1ccc(CNCCCCN)cc1OC(F)F. The normalized spacial score (nSPS) is 10.8. The van der Waals surface area contributed by atoms with Crippen molar-refractivity contribution >= 4 is 0 Å². The van der Waals surface area contributed by atoms with Gasteiger partial charge in [0.05, 0.1) is 7.11 Å². The van der Waals surface area contributed by atoms with Gasteiger partial charge in [0.15, 0.2) is 11.5 Å². The fraction of sp³-hybridized carbons (Fsp3) is 0.538. The van der Waals surface area contributed by atoms with Crippen molar-refractivity contribution < 1.29 is 18.3 Å². The number of alkyl halides is 2. The van der Waals surface area contributed by atoms with E-state index in [2.05, 4.69) is 10.1 Å². The summed E-state index contributed by atoms with van der Waals surface area (Å²) in [5, 5.41) is 3.22. The van der Waals surface area contributed by atoms with E-state index >= 15 is 0 Å². The van der Waals surface area contributed by atoms with Gasteiger partial charge in [-0.1, -0.05) is 6.07 Å². The summed E-state index contributed by atoms with van der Waals surface area (Å²) in [4.78, 5) is 0. The Labute approximate surface area is 111 Å². The first-order valence-corrected chi connectivity index (χ1v) is 6.20. The predicted molar refractivity (Wildman–Crippen MR) is 69.6 cm³/mol. The number of halogens is 2. The van der Waals surface area contributed by atoms with E-state index in [1.807, 2.05) is 6.07 Å². The highest BCUT2D eigenvalue weighted by atomic mass is 19.3. The van der Waals surface area contributed by atoms with Gasteiger partial charge in [0.2, 0.25) is 0 Å².